The van der Waals surface area contributed by atoms with Crippen molar-refractivity contribution in [3.05, 3.63) is 23.3 Å². The molecule has 0 saturated carbocycles. The zero-order chi connectivity index (χ0) is 19.5. The Kier molecular flexibility index (Phi) is 6.37. The molecule has 0 N–H and O–H groups in total. The lowest BCUT2D eigenvalue weighted by Gasteiger charge is -2.34. The minimum Gasteiger partial charge on any atom is -0.343 e. The molecule has 1 fully saturated rings. The fourth-order valence-electron chi connectivity index (χ4n) is 3.39. The van der Waals surface area contributed by atoms with Crippen molar-refractivity contribution in [3.63, 3.8) is 0 Å². The summed E-state index contributed by atoms with van der Waals surface area (Å²) in [4.78, 5) is 37.0. The summed E-state index contributed by atoms with van der Waals surface area (Å²) in [6.07, 6.45) is 3.46. The molecule has 2 rings (SSSR count). The number of piperidine rings is 1. The van der Waals surface area contributed by atoms with Crippen LogP contribution in [0.3, 0.4) is 0 Å². The topological polar surface area (TPSA) is 66.4 Å². The minimum absolute atomic E-state index is 0.00916. The zero-order valence-electron chi connectivity index (χ0n) is 17.0. The predicted molar refractivity (Wildman–Crippen MR) is 102 cm³/mol. The second kappa shape index (κ2) is 8.14. The Bertz CT molecular complexity index is 664. The number of nitrogens with zero attached hydrogens (tertiary/aromatic N) is 4. The largest absolute Gasteiger partial charge is 0.343 e. The third-order valence-electron chi connectivity index (χ3n) is 4.57. The van der Waals surface area contributed by atoms with Crippen LogP contribution in [0.15, 0.2) is 6.07 Å². The van der Waals surface area contributed by atoms with Crippen molar-refractivity contribution in [2.45, 2.75) is 53.4 Å². The van der Waals surface area contributed by atoms with Gasteiger partial charge in [0.25, 0.3) is 5.91 Å². The molecular formula is C20H32N4O2. The second-order valence-corrected chi connectivity index (χ2v) is 8.78. The lowest BCUT2D eigenvalue weighted by Crippen LogP contribution is -2.41. The van der Waals surface area contributed by atoms with E-state index in [1.807, 2.05) is 11.8 Å². The van der Waals surface area contributed by atoms with Crippen LogP contribution >= 0.6 is 0 Å². The SMILES string of the molecule is Cc1nc(CC2CCCN(C(=O)CC(C)(C)C)C2)cc(C(=O)N(C)C)n1. The van der Waals surface area contributed by atoms with Crippen LogP contribution in [-0.4, -0.2) is 58.8 Å². The van der Waals surface area contributed by atoms with Gasteiger partial charge in [0.1, 0.15) is 11.5 Å². The first-order chi connectivity index (χ1) is 12.0. The lowest BCUT2D eigenvalue weighted by atomic mass is 9.89. The molecule has 1 unspecified atom stereocenters. The summed E-state index contributed by atoms with van der Waals surface area (Å²) in [5.41, 5.74) is 1.33. The van der Waals surface area contributed by atoms with Gasteiger partial charge in [0.15, 0.2) is 0 Å². The summed E-state index contributed by atoms with van der Waals surface area (Å²) in [7, 11) is 3.44. The monoisotopic (exact) mass is 360 g/mol. The molecule has 0 aromatic carbocycles. The predicted octanol–water partition coefficient (Wildman–Crippen LogP) is 2.70. The molecule has 1 saturated heterocycles. The van der Waals surface area contributed by atoms with Gasteiger partial charge in [-0.05, 0) is 43.6 Å². The molecule has 0 radical (unpaired) electrons. The van der Waals surface area contributed by atoms with Gasteiger partial charge in [0.05, 0.1) is 0 Å². The van der Waals surface area contributed by atoms with Crippen LogP contribution in [0.4, 0.5) is 0 Å². The number of hydrogen-bond donors (Lipinski definition) is 0. The molecule has 0 spiro atoms. The minimum atomic E-state index is -0.109. The van der Waals surface area contributed by atoms with Gasteiger partial charge in [-0.25, -0.2) is 9.97 Å². The molecule has 1 aromatic heterocycles. The number of hydrogen-bond acceptors (Lipinski definition) is 4. The summed E-state index contributed by atoms with van der Waals surface area (Å²) in [6.45, 7) is 9.72. The maximum atomic E-state index is 12.5. The zero-order valence-corrected chi connectivity index (χ0v) is 17.0. The summed E-state index contributed by atoms with van der Waals surface area (Å²) < 4.78 is 0. The van der Waals surface area contributed by atoms with E-state index in [4.69, 9.17) is 0 Å². The van der Waals surface area contributed by atoms with Crippen LogP contribution in [0, 0.1) is 18.3 Å². The fraction of sp³-hybridized carbons (Fsp3) is 0.700. The number of aryl methyl sites for hydroxylation is 1. The van der Waals surface area contributed by atoms with Crippen LogP contribution in [-0.2, 0) is 11.2 Å². The highest BCUT2D eigenvalue weighted by atomic mass is 16.2. The normalized spacial score (nSPS) is 17.9. The quantitative estimate of drug-likeness (QED) is 0.828. The molecule has 0 bridgehead atoms. The van der Waals surface area contributed by atoms with E-state index in [1.54, 1.807) is 20.2 Å². The average molecular weight is 361 g/mol. The van der Waals surface area contributed by atoms with Crippen LogP contribution in [0.25, 0.3) is 0 Å². The first-order valence-electron chi connectivity index (χ1n) is 9.39. The Morgan fingerprint density at radius 1 is 1.27 bits per heavy atom. The highest BCUT2D eigenvalue weighted by Crippen LogP contribution is 2.25. The summed E-state index contributed by atoms with van der Waals surface area (Å²) in [6, 6.07) is 1.80. The van der Waals surface area contributed by atoms with Gasteiger partial charge in [0.2, 0.25) is 5.91 Å². The molecule has 144 valence electrons. The first kappa shape index (κ1) is 20.3. The smallest absolute Gasteiger partial charge is 0.272 e. The Morgan fingerprint density at radius 3 is 2.58 bits per heavy atom. The van der Waals surface area contributed by atoms with E-state index in [-0.39, 0.29) is 17.2 Å². The van der Waals surface area contributed by atoms with Gasteiger partial charge in [-0.3, -0.25) is 9.59 Å². The van der Waals surface area contributed by atoms with Gasteiger partial charge in [-0.1, -0.05) is 20.8 Å². The van der Waals surface area contributed by atoms with Crippen molar-refractivity contribution in [1.29, 1.82) is 0 Å². The standard InChI is InChI=1S/C20H32N4O2/c1-14-21-16(11-17(22-14)19(26)23(5)6)10-15-8-7-9-24(13-15)18(25)12-20(2,3)4/h11,15H,7-10,12-13H2,1-6H3. The van der Waals surface area contributed by atoms with E-state index in [0.29, 0.717) is 23.9 Å². The summed E-state index contributed by atoms with van der Waals surface area (Å²) in [5.74, 6) is 1.13. The van der Waals surface area contributed by atoms with Gasteiger partial charge < -0.3 is 9.80 Å². The first-order valence-corrected chi connectivity index (χ1v) is 9.39. The van der Waals surface area contributed by atoms with Crippen LogP contribution < -0.4 is 0 Å². The van der Waals surface area contributed by atoms with Crippen molar-refractivity contribution >= 4 is 11.8 Å². The molecule has 0 aliphatic carbocycles. The molecular weight excluding hydrogens is 328 g/mol. The molecule has 26 heavy (non-hydrogen) atoms. The van der Waals surface area contributed by atoms with Crippen LogP contribution in [0.2, 0.25) is 0 Å². The van der Waals surface area contributed by atoms with Crippen molar-refractivity contribution in [1.82, 2.24) is 19.8 Å². The van der Waals surface area contributed by atoms with E-state index in [0.717, 1.165) is 38.0 Å². The van der Waals surface area contributed by atoms with Gasteiger partial charge in [0, 0.05) is 39.3 Å². The maximum Gasteiger partial charge on any atom is 0.272 e. The molecule has 6 nitrogen and oxygen atoms in total. The Morgan fingerprint density at radius 2 is 1.96 bits per heavy atom. The molecule has 1 aliphatic heterocycles. The van der Waals surface area contributed by atoms with E-state index >= 15 is 0 Å². The third kappa shape index (κ3) is 5.78. The highest BCUT2D eigenvalue weighted by Gasteiger charge is 2.27. The summed E-state index contributed by atoms with van der Waals surface area (Å²) >= 11 is 0. The Hall–Kier alpha value is -1.98. The number of carbonyl (C=O) groups is 2. The van der Waals surface area contributed by atoms with Gasteiger partial charge >= 0.3 is 0 Å². The van der Waals surface area contributed by atoms with E-state index in [1.165, 1.54) is 4.90 Å². The number of rotatable bonds is 4. The molecule has 2 heterocycles. The Labute approximate surface area is 157 Å². The number of carbonyl (C=O) groups excluding carboxylic acids is 2. The number of likely N-dealkylation sites (tertiary alicyclic amines) is 1. The van der Waals surface area contributed by atoms with Crippen molar-refractivity contribution in [2.24, 2.45) is 11.3 Å². The van der Waals surface area contributed by atoms with Crippen LogP contribution in [0.1, 0.15) is 62.0 Å². The highest BCUT2D eigenvalue weighted by molar-refractivity contribution is 5.92. The van der Waals surface area contributed by atoms with Crippen molar-refractivity contribution < 1.29 is 9.59 Å². The number of amides is 2. The third-order valence-corrected chi connectivity index (χ3v) is 4.57. The molecule has 2 amide bonds. The second-order valence-electron chi connectivity index (χ2n) is 8.78. The number of aromatic nitrogens is 2. The maximum absolute atomic E-state index is 12.5. The molecule has 6 heteroatoms. The lowest BCUT2D eigenvalue weighted by molar-refractivity contribution is -0.134. The van der Waals surface area contributed by atoms with Gasteiger partial charge in [-0.2, -0.15) is 0 Å². The molecule has 1 aromatic rings. The van der Waals surface area contributed by atoms with Crippen molar-refractivity contribution in [3.8, 4) is 0 Å². The van der Waals surface area contributed by atoms with Crippen LogP contribution in [0.5, 0.6) is 0 Å². The van der Waals surface area contributed by atoms with E-state index < -0.39 is 0 Å². The van der Waals surface area contributed by atoms with E-state index in [2.05, 4.69) is 30.7 Å². The van der Waals surface area contributed by atoms with Gasteiger partial charge in [-0.15, -0.1) is 0 Å². The molecule has 1 atom stereocenters. The fourth-order valence-corrected chi connectivity index (χ4v) is 3.39. The average Bonchev–Trinajstić information content (AvgIpc) is 2.52. The summed E-state index contributed by atoms with van der Waals surface area (Å²) in [5, 5.41) is 0. The molecule has 1 aliphatic rings. The van der Waals surface area contributed by atoms with Crippen molar-refractivity contribution in [2.75, 3.05) is 27.2 Å². The Balaban J connectivity index is 2.06. The van der Waals surface area contributed by atoms with E-state index in [9.17, 15) is 9.59 Å².